The fourth-order valence-corrected chi connectivity index (χ4v) is 3.31. The largest absolute Gasteiger partial charge is 0.396 e. The highest BCUT2D eigenvalue weighted by atomic mass is 16.5. The first kappa shape index (κ1) is 19.6. The van der Waals surface area contributed by atoms with Crippen molar-refractivity contribution >= 4 is 16.8 Å². The lowest BCUT2D eigenvalue weighted by Gasteiger charge is -2.09. The van der Waals surface area contributed by atoms with E-state index in [-0.39, 0.29) is 12.2 Å². The lowest BCUT2D eigenvalue weighted by molar-refractivity contribution is 0.0708. The van der Waals surface area contributed by atoms with Crippen LogP contribution in [0.3, 0.4) is 0 Å². The van der Waals surface area contributed by atoms with Crippen molar-refractivity contribution in [3.8, 4) is 22.5 Å². The minimum atomic E-state index is -0.623. The van der Waals surface area contributed by atoms with Crippen LogP contribution >= 0.6 is 0 Å². The van der Waals surface area contributed by atoms with E-state index in [1.165, 1.54) is 5.56 Å². The molecule has 0 aliphatic heterocycles. The van der Waals surface area contributed by atoms with Crippen LogP contribution in [0.2, 0.25) is 0 Å². The van der Waals surface area contributed by atoms with Gasteiger partial charge in [0.25, 0.3) is 5.91 Å². The van der Waals surface area contributed by atoms with E-state index in [0.29, 0.717) is 16.6 Å². The van der Waals surface area contributed by atoms with Crippen LogP contribution in [0.4, 0.5) is 0 Å². The number of pyridine rings is 3. The molecule has 1 amide bonds. The van der Waals surface area contributed by atoms with E-state index in [4.69, 9.17) is 10.3 Å². The van der Waals surface area contributed by atoms with Crippen molar-refractivity contribution in [3.63, 3.8) is 0 Å². The zero-order valence-electron chi connectivity index (χ0n) is 16.1. The molecule has 3 aromatic heterocycles. The van der Waals surface area contributed by atoms with Gasteiger partial charge in [0, 0.05) is 41.7 Å². The van der Waals surface area contributed by atoms with Crippen molar-refractivity contribution in [1.29, 1.82) is 0 Å². The van der Waals surface area contributed by atoms with Crippen LogP contribution < -0.4 is 5.48 Å². The number of aryl methyl sites for hydroxylation is 1. The summed E-state index contributed by atoms with van der Waals surface area (Å²) in [6.07, 6.45) is 6.45. The number of carbonyl (C=O) groups is 1. The van der Waals surface area contributed by atoms with Gasteiger partial charge in [-0.1, -0.05) is 24.3 Å². The predicted molar refractivity (Wildman–Crippen MR) is 113 cm³/mol. The van der Waals surface area contributed by atoms with Crippen molar-refractivity contribution in [2.75, 3.05) is 6.61 Å². The third kappa shape index (κ3) is 4.03. The van der Waals surface area contributed by atoms with Crippen LogP contribution in [0.25, 0.3) is 33.4 Å². The molecule has 0 unspecified atom stereocenters. The second-order valence-corrected chi connectivity index (χ2v) is 6.85. The van der Waals surface area contributed by atoms with Gasteiger partial charge < -0.3 is 5.11 Å². The molecule has 0 bridgehead atoms. The average Bonchev–Trinajstić information content (AvgIpc) is 2.82. The molecule has 0 fully saturated rings. The number of aliphatic hydroxyl groups excluding tert-OH is 1. The SMILES string of the molecule is O=C(NO)c1cc(-c2ccc(-c3ccc(CCCO)cc3)nc2)nc2ccncc12. The molecule has 3 heterocycles. The van der Waals surface area contributed by atoms with Crippen molar-refractivity contribution in [1.82, 2.24) is 20.4 Å². The first-order valence-corrected chi connectivity index (χ1v) is 9.55. The number of nitrogens with one attached hydrogen (secondary N) is 1. The molecule has 0 radical (unpaired) electrons. The summed E-state index contributed by atoms with van der Waals surface area (Å²) in [5, 5.41) is 18.6. The van der Waals surface area contributed by atoms with Gasteiger partial charge in [0.15, 0.2) is 0 Å². The molecule has 0 saturated carbocycles. The smallest absolute Gasteiger partial charge is 0.275 e. The zero-order valence-corrected chi connectivity index (χ0v) is 16.1. The maximum Gasteiger partial charge on any atom is 0.275 e. The van der Waals surface area contributed by atoms with E-state index in [0.717, 1.165) is 29.7 Å². The molecule has 7 nitrogen and oxygen atoms in total. The lowest BCUT2D eigenvalue weighted by Crippen LogP contribution is -2.19. The topological polar surface area (TPSA) is 108 Å². The Morgan fingerprint density at radius 1 is 0.967 bits per heavy atom. The highest BCUT2D eigenvalue weighted by Crippen LogP contribution is 2.26. The van der Waals surface area contributed by atoms with E-state index >= 15 is 0 Å². The number of fused-ring (bicyclic) bond motifs is 1. The number of aliphatic hydroxyl groups is 1. The normalized spacial score (nSPS) is 10.9. The molecule has 0 atom stereocenters. The van der Waals surface area contributed by atoms with E-state index in [1.54, 1.807) is 36.2 Å². The fraction of sp³-hybridized carbons (Fsp3) is 0.130. The van der Waals surface area contributed by atoms with E-state index in [9.17, 15) is 4.79 Å². The quantitative estimate of drug-likeness (QED) is 0.338. The number of hydroxylamine groups is 1. The van der Waals surface area contributed by atoms with Gasteiger partial charge >= 0.3 is 0 Å². The minimum absolute atomic E-state index is 0.186. The summed E-state index contributed by atoms with van der Waals surface area (Å²) in [6.45, 7) is 0.186. The van der Waals surface area contributed by atoms with Gasteiger partial charge in [0.05, 0.1) is 22.5 Å². The molecule has 0 aliphatic rings. The Morgan fingerprint density at radius 3 is 2.47 bits per heavy atom. The summed E-state index contributed by atoms with van der Waals surface area (Å²) < 4.78 is 0. The molecule has 150 valence electrons. The Kier molecular flexibility index (Phi) is 5.74. The molecule has 3 N–H and O–H groups in total. The molecule has 30 heavy (non-hydrogen) atoms. The molecular weight excluding hydrogens is 380 g/mol. The van der Waals surface area contributed by atoms with Crippen LogP contribution in [0.5, 0.6) is 0 Å². The van der Waals surface area contributed by atoms with Gasteiger partial charge in [-0.3, -0.25) is 20.0 Å². The Morgan fingerprint density at radius 2 is 1.77 bits per heavy atom. The van der Waals surface area contributed by atoms with E-state index in [2.05, 4.69) is 15.0 Å². The van der Waals surface area contributed by atoms with Crippen molar-refractivity contribution in [3.05, 3.63) is 78.2 Å². The molecule has 4 rings (SSSR count). The van der Waals surface area contributed by atoms with Crippen LogP contribution in [0, 0.1) is 0 Å². The number of hydrogen-bond donors (Lipinski definition) is 3. The number of hydrogen-bond acceptors (Lipinski definition) is 6. The van der Waals surface area contributed by atoms with Gasteiger partial charge in [-0.05, 0) is 42.7 Å². The monoisotopic (exact) mass is 400 g/mol. The van der Waals surface area contributed by atoms with E-state index in [1.807, 2.05) is 36.4 Å². The van der Waals surface area contributed by atoms with Crippen molar-refractivity contribution in [2.45, 2.75) is 12.8 Å². The minimum Gasteiger partial charge on any atom is -0.396 e. The number of benzene rings is 1. The van der Waals surface area contributed by atoms with Gasteiger partial charge in [0.2, 0.25) is 0 Å². The van der Waals surface area contributed by atoms with Crippen molar-refractivity contribution in [2.24, 2.45) is 0 Å². The highest BCUT2D eigenvalue weighted by Gasteiger charge is 2.14. The Balaban J connectivity index is 1.66. The Labute approximate surface area is 173 Å². The number of rotatable bonds is 6. The number of nitrogens with zero attached hydrogens (tertiary/aromatic N) is 3. The van der Waals surface area contributed by atoms with Crippen LogP contribution in [0.15, 0.2) is 67.1 Å². The summed E-state index contributed by atoms with van der Waals surface area (Å²) in [5.74, 6) is -0.623. The van der Waals surface area contributed by atoms with Crippen molar-refractivity contribution < 1.29 is 15.1 Å². The molecule has 7 heteroatoms. The number of amides is 1. The van der Waals surface area contributed by atoms with E-state index < -0.39 is 5.91 Å². The molecule has 0 spiro atoms. The Bertz CT molecular complexity index is 1180. The summed E-state index contributed by atoms with van der Waals surface area (Å²) >= 11 is 0. The summed E-state index contributed by atoms with van der Waals surface area (Å²) in [6, 6.07) is 15.2. The second kappa shape index (κ2) is 8.77. The molecule has 0 saturated heterocycles. The third-order valence-corrected chi connectivity index (χ3v) is 4.89. The summed E-state index contributed by atoms with van der Waals surface area (Å²) in [5.41, 5.74) is 6.88. The summed E-state index contributed by atoms with van der Waals surface area (Å²) in [4.78, 5) is 25.3. The number of carbonyl (C=O) groups excluding carboxylic acids is 1. The Hall–Kier alpha value is -3.68. The van der Waals surface area contributed by atoms with Crippen LogP contribution in [-0.4, -0.2) is 37.8 Å². The maximum absolute atomic E-state index is 12.1. The average molecular weight is 400 g/mol. The first-order chi connectivity index (χ1) is 14.7. The van der Waals surface area contributed by atoms with Gasteiger partial charge in [-0.15, -0.1) is 0 Å². The zero-order chi connectivity index (χ0) is 20.9. The maximum atomic E-state index is 12.1. The van der Waals surface area contributed by atoms with Crippen LogP contribution in [0.1, 0.15) is 22.3 Å². The predicted octanol–water partition coefficient (Wildman–Crippen LogP) is 3.40. The van der Waals surface area contributed by atoms with Gasteiger partial charge in [-0.25, -0.2) is 10.5 Å². The lowest BCUT2D eigenvalue weighted by atomic mass is 10.0. The third-order valence-electron chi connectivity index (χ3n) is 4.89. The fourth-order valence-electron chi connectivity index (χ4n) is 3.31. The number of aromatic nitrogens is 3. The molecule has 4 aromatic rings. The standard InChI is InChI=1S/C23H20N4O3/c28-11-1-2-15-3-5-16(6-4-15)20-8-7-17(13-25-20)22-12-18(23(29)27-30)19-14-24-10-9-21(19)26-22/h3-10,12-14,28,30H,1-2,11H2,(H,27,29). The van der Waals surface area contributed by atoms with Crippen LogP contribution in [-0.2, 0) is 6.42 Å². The van der Waals surface area contributed by atoms with Gasteiger partial charge in [-0.2, -0.15) is 0 Å². The first-order valence-electron chi connectivity index (χ1n) is 9.55. The van der Waals surface area contributed by atoms with Gasteiger partial charge in [0.1, 0.15) is 0 Å². The molecule has 1 aromatic carbocycles. The molecular formula is C23H20N4O3. The molecule has 0 aliphatic carbocycles. The second-order valence-electron chi connectivity index (χ2n) is 6.85. The summed E-state index contributed by atoms with van der Waals surface area (Å²) in [7, 11) is 0. The highest BCUT2D eigenvalue weighted by molar-refractivity contribution is 6.06.